The summed E-state index contributed by atoms with van der Waals surface area (Å²) >= 11 is 12.0. The summed E-state index contributed by atoms with van der Waals surface area (Å²) in [5.41, 5.74) is 4.72. The molecule has 3 aromatic carbocycles. The fourth-order valence-electron chi connectivity index (χ4n) is 2.27. The number of amides is 1. The van der Waals surface area contributed by atoms with Crippen LogP contribution in [0.1, 0.15) is 21.5 Å². The van der Waals surface area contributed by atoms with Crippen molar-refractivity contribution < 1.29 is 9.53 Å². The normalized spacial score (nSPS) is 10.7. The van der Waals surface area contributed by atoms with Crippen molar-refractivity contribution in [3.05, 3.63) is 99.5 Å². The first kappa shape index (κ1) is 19.0. The van der Waals surface area contributed by atoms with Crippen LogP contribution in [0.25, 0.3) is 0 Å². The van der Waals surface area contributed by atoms with E-state index in [2.05, 4.69) is 10.5 Å². The van der Waals surface area contributed by atoms with E-state index in [-0.39, 0.29) is 5.91 Å². The highest BCUT2D eigenvalue weighted by Crippen LogP contribution is 2.22. The van der Waals surface area contributed by atoms with Gasteiger partial charge in [-0.05, 0) is 42.0 Å². The Bertz CT molecular complexity index is 942. The lowest BCUT2D eigenvalue weighted by Crippen LogP contribution is -2.17. The molecule has 0 bridgehead atoms. The molecule has 3 aromatic rings. The minimum absolute atomic E-state index is 0.297. The van der Waals surface area contributed by atoms with Crippen LogP contribution in [0.2, 0.25) is 10.0 Å². The monoisotopic (exact) mass is 398 g/mol. The lowest BCUT2D eigenvalue weighted by Gasteiger charge is -2.08. The van der Waals surface area contributed by atoms with Gasteiger partial charge in [0, 0.05) is 21.2 Å². The molecule has 3 rings (SSSR count). The number of carbonyl (C=O) groups excluding carboxylic acids is 1. The highest BCUT2D eigenvalue weighted by Gasteiger charge is 2.06. The predicted molar refractivity (Wildman–Crippen MR) is 109 cm³/mol. The summed E-state index contributed by atoms with van der Waals surface area (Å²) in [6.07, 6.45) is 1.59. The molecule has 0 aliphatic carbocycles. The molecule has 1 N–H and O–H groups in total. The van der Waals surface area contributed by atoms with Crippen LogP contribution >= 0.6 is 23.2 Å². The van der Waals surface area contributed by atoms with Crippen molar-refractivity contribution in [1.29, 1.82) is 0 Å². The maximum Gasteiger partial charge on any atom is 0.271 e. The number of hydrogen-bond acceptors (Lipinski definition) is 3. The molecule has 0 radical (unpaired) electrons. The number of hydrogen-bond donors (Lipinski definition) is 1. The van der Waals surface area contributed by atoms with Gasteiger partial charge in [0.25, 0.3) is 5.91 Å². The maximum atomic E-state index is 12.1. The van der Waals surface area contributed by atoms with Crippen LogP contribution in [0.4, 0.5) is 0 Å². The highest BCUT2D eigenvalue weighted by molar-refractivity contribution is 6.35. The van der Waals surface area contributed by atoms with Crippen molar-refractivity contribution in [2.45, 2.75) is 6.61 Å². The zero-order valence-corrected chi connectivity index (χ0v) is 15.7. The third-order valence-electron chi connectivity index (χ3n) is 3.71. The Hall–Kier alpha value is -2.82. The minimum atomic E-state index is -0.297. The van der Waals surface area contributed by atoms with Crippen molar-refractivity contribution in [2.24, 2.45) is 5.10 Å². The van der Waals surface area contributed by atoms with Crippen LogP contribution < -0.4 is 10.2 Å². The van der Waals surface area contributed by atoms with Crippen molar-refractivity contribution in [1.82, 2.24) is 5.43 Å². The van der Waals surface area contributed by atoms with E-state index in [4.69, 9.17) is 27.9 Å². The van der Waals surface area contributed by atoms with Gasteiger partial charge in [0.1, 0.15) is 12.4 Å². The van der Waals surface area contributed by atoms with Crippen LogP contribution in [-0.2, 0) is 6.61 Å². The van der Waals surface area contributed by atoms with E-state index in [0.717, 1.165) is 11.1 Å². The topological polar surface area (TPSA) is 50.7 Å². The average Bonchev–Trinajstić information content (AvgIpc) is 2.68. The molecule has 0 heterocycles. The smallest absolute Gasteiger partial charge is 0.271 e. The lowest BCUT2D eigenvalue weighted by atomic mass is 10.2. The Balaban J connectivity index is 1.54. The summed E-state index contributed by atoms with van der Waals surface area (Å²) in [7, 11) is 0. The highest BCUT2D eigenvalue weighted by atomic mass is 35.5. The van der Waals surface area contributed by atoms with Gasteiger partial charge in [0.2, 0.25) is 0 Å². The van der Waals surface area contributed by atoms with Gasteiger partial charge in [-0.3, -0.25) is 4.79 Å². The van der Waals surface area contributed by atoms with Crippen LogP contribution in [-0.4, -0.2) is 12.1 Å². The van der Waals surface area contributed by atoms with Crippen LogP contribution in [0.5, 0.6) is 5.75 Å². The second-order valence-electron chi connectivity index (χ2n) is 5.66. The van der Waals surface area contributed by atoms with E-state index in [0.29, 0.717) is 28.0 Å². The molecule has 0 saturated heterocycles. The first-order valence-corrected chi connectivity index (χ1v) is 8.92. The third kappa shape index (κ3) is 5.58. The molecule has 0 atom stereocenters. The van der Waals surface area contributed by atoms with Crippen molar-refractivity contribution >= 4 is 35.3 Å². The number of hydrazone groups is 1. The largest absolute Gasteiger partial charge is 0.489 e. The van der Waals surface area contributed by atoms with Gasteiger partial charge < -0.3 is 4.74 Å². The number of nitrogens with zero attached hydrogens (tertiary/aromatic N) is 1. The minimum Gasteiger partial charge on any atom is -0.489 e. The standard InChI is InChI=1S/C21H16Cl2N2O2/c22-18-9-6-17(20(23)12-18)14-27-19-10-7-16(8-11-19)21(26)25-24-13-15-4-2-1-3-5-15/h1-13H,14H2,(H,25,26)/b24-13+. The molecular formula is C21H16Cl2N2O2. The molecule has 27 heavy (non-hydrogen) atoms. The fourth-order valence-corrected chi connectivity index (χ4v) is 2.73. The van der Waals surface area contributed by atoms with Crippen LogP contribution in [0.15, 0.2) is 77.9 Å². The predicted octanol–water partition coefficient (Wildman–Crippen LogP) is 5.34. The molecule has 0 spiro atoms. The van der Waals surface area contributed by atoms with Gasteiger partial charge in [-0.1, -0.05) is 59.6 Å². The Morgan fingerprint density at radius 3 is 2.44 bits per heavy atom. The van der Waals surface area contributed by atoms with Crippen molar-refractivity contribution in [2.75, 3.05) is 0 Å². The molecule has 0 aliphatic rings. The number of ether oxygens (including phenoxy) is 1. The molecule has 4 nitrogen and oxygen atoms in total. The summed E-state index contributed by atoms with van der Waals surface area (Å²) in [5.74, 6) is 0.333. The van der Waals surface area contributed by atoms with Crippen molar-refractivity contribution in [3.63, 3.8) is 0 Å². The summed E-state index contributed by atoms with van der Waals surface area (Å²) < 4.78 is 5.70. The quantitative estimate of drug-likeness (QED) is 0.450. The third-order valence-corrected chi connectivity index (χ3v) is 4.29. The number of benzene rings is 3. The molecule has 136 valence electrons. The van der Waals surface area contributed by atoms with Gasteiger partial charge in [-0.25, -0.2) is 5.43 Å². The Kier molecular flexibility index (Phi) is 6.47. The van der Waals surface area contributed by atoms with Gasteiger partial charge >= 0.3 is 0 Å². The molecule has 1 amide bonds. The fraction of sp³-hybridized carbons (Fsp3) is 0.0476. The number of rotatable bonds is 6. The molecule has 0 unspecified atom stereocenters. The van der Waals surface area contributed by atoms with E-state index in [9.17, 15) is 4.79 Å². The Morgan fingerprint density at radius 2 is 1.74 bits per heavy atom. The van der Waals surface area contributed by atoms with E-state index in [1.165, 1.54) is 0 Å². The molecule has 0 aromatic heterocycles. The molecule has 6 heteroatoms. The van der Waals surface area contributed by atoms with Gasteiger partial charge in [-0.2, -0.15) is 5.10 Å². The van der Waals surface area contributed by atoms with Gasteiger partial charge in [-0.15, -0.1) is 0 Å². The van der Waals surface area contributed by atoms with E-state index in [1.807, 2.05) is 36.4 Å². The van der Waals surface area contributed by atoms with E-state index < -0.39 is 0 Å². The van der Waals surface area contributed by atoms with Crippen LogP contribution in [0.3, 0.4) is 0 Å². The molecule has 0 fully saturated rings. The molecule has 0 saturated carbocycles. The molecule has 0 aliphatic heterocycles. The second kappa shape index (κ2) is 9.21. The van der Waals surface area contributed by atoms with E-state index >= 15 is 0 Å². The summed E-state index contributed by atoms with van der Waals surface area (Å²) in [6, 6.07) is 21.6. The number of nitrogens with one attached hydrogen (secondary N) is 1. The van der Waals surface area contributed by atoms with Gasteiger partial charge in [0.05, 0.1) is 6.21 Å². The van der Waals surface area contributed by atoms with Crippen LogP contribution in [0, 0.1) is 0 Å². The summed E-state index contributed by atoms with van der Waals surface area (Å²) in [5, 5.41) is 5.08. The Morgan fingerprint density at radius 1 is 1.00 bits per heavy atom. The number of carbonyl (C=O) groups is 1. The summed E-state index contributed by atoms with van der Waals surface area (Å²) in [6.45, 7) is 0.308. The zero-order chi connectivity index (χ0) is 19.1. The number of halogens is 2. The first-order valence-electron chi connectivity index (χ1n) is 8.17. The second-order valence-corrected chi connectivity index (χ2v) is 6.50. The molecular weight excluding hydrogens is 383 g/mol. The maximum absolute atomic E-state index is 12.1. The van der Waals surface area contributed by atoms with Gasteiger partial charge in [0.15, 0.2) is 0 Å². The van der Waals surface area contributed by atoms with E-state index in [1.54, 1.807) is 42.6 Å². The lowest BCUT2D eigenvalue weighted by molar-refractivity contribution is 0.0955. The Labute approximate surface area is 167 Å². The summed E-state index contributed by atoms with van der Waals surface area (Å²) in [4.78, 5) is 12.1. The first-order chi connectivity index (χ1) is 13.1. The zero-order valence-electron chi connectivity index (χ0n) is 14.2. The SMILES string of the molecule is O=C(N/N=C/c1ccccc1)c1ccc(OCc2ccc(Cl)cc2Cl)cc1. The van der Waals surface area contributed by atoms with Crippen molar-refractivity contribution in [3.8, 4) is 5.75 Å². The average molecular weight is 399 g/mol.